The molecule has 23 heavy (non-hydrogen) atoms. The molecule has 1 fully saturated rings. The standard InChI is InChI=1S/C17H18F2N2O2/c18-13-8-4-7-11(14(13)19)9-12-15(10-5-2-1-3-6-10)20-17(23)21-16(12)22/h4,7-8,10H,1-3,5-6,9H2,(H2,20,21,22,23). The number of hydrogen-bond acceptors (Lipinski definition) is 2. The van der Waals surface area contributed by atoms with Crippen molar-refractivity contribution in [3.8, 4) is 0 Å². The molecule has 0 spiro atoms. The summed E-state index contributed by atoms with van der Waals surface area (Å²) in [5, 5.41) is 0. The van der Waals surface area contributed by atoms with Crippen LogP contribution in [0.5, 0.6) is 0 Å². The number of halogens is 2. The van der Waals surface area contributed by atoms with Gasteiger partial charge in [-0.1, -0.05) is 31.4 Å². The van der Waals surface area contributed by atoms with Gasteiger partial charge in [-0.2, -0.15) is 0 Å². The first-order valence-electron chi connectivity index (χ1n) is 7.84. The normalized spacial score (nSPS) is 15.7. The molecule has 1 aromatic carbocycles. The molecule has 0 saturated heterocycles. The highest BCUT2D eigenvalue weighted by Gasteiger charge is 2.22. The number of nitrogens with one attached hydrogen (secondary N) is 2. The van der Waals surface area contributed by atoms with Gasteiger partial charge in [0, 0.05) is 17.7 Å². The molecule has 1 aliphatic rings. The third-order valence-corrected chi connectivity index (χ3v) is 4.49. The van der Waals surface area contributed by atoms with Crippen molar-refractivity contribution in [3.63, 3.8) is 0 Å². The quantitative estimate of drug-likeness (QED) is 0.913. The molecular weight excluding hydrogens is 302 g/mol. The van der Waals surface area contributed by atoms with E-state index in [1.807, 2.05) is 0 Å². The lowest BCUT2D eigenvalue weighted by atomic mass is 9.84. The van der Waals surface area contributed by atoms with Crippen molar-refractivity contribution in [2.75, 3.05) is 0 Å². The lowest BCUT2D eigenvalue weighted by Crippen LogP contribution is -2.30. The van der Waals surface area contributed by atoms with Gasteiger partial charge in [-0.3, -0.25) is 9.78 Å². The summed E-state index contributed by atoms with van der Waals surface area (Å²) in [7, 11) is 0. The van der Waals surface area contributed by atoms with E-state index >= 15 is 0 Å². The number of H-pyrrole nitrogens is 2. The van der Waals surface area contributed by atoms with Crippen LogP contribution in [0.4, 0.5) is 8.78 Å². The number of aromatic nitrogens is 2. The van der Waals surface area contributed by atoms with Gasteiger partial charge in [0.05, 0.1) is 0 Å². The fourth-order valence-electron chi connectivity index (χ4n) is 3.32. The number of hydrogen-bond donors (Lipinski definition) is 2. The molecule has 1 saturated carbocycles. The molecule has 0 amide bonds. The Labute approximate surface area is 131 Å². The monoisotopic (exact) mass is 320 g/mol. The second-order valence-corrected chi connectivity index (χ2v) is 6.03. The Balaban J connectivity index is 2.05. The van der Waals surface area contributed by atoms with Crippen LogP contribution in [0.1, 0.15) is 54.8 Å². The van der Waals surface area contributed by atoms with Crippen molar-refractivity contribution in [2.45, 2.75) is 44.4 Å². The molecule has 0 bridgehead atoms. The zero-order valence-corrected chi connectivity index (χ0v) is 12.6. The van der Waals surface area contributed by atoms with Crippen LogP contribution in [0.25, 0.3) is 0 Å². The van der Waals surface area contributed by atoms with Crippen molar-refractivity contribution < 1.29 is 8.78 Å². The van der Waals surface area contributed by atoms with E-state index in [-0.39, 0.29) is 17.9 Å². The maximum atomic E-state index is 13.9. The van der Waals surface area contributed by atoms with E-state index in [9.17, 15) is 18.4 Å². The molecule has 4 nitrogen and oxygen atoms in total. The van der Waals surface area contributed by atoms with Crippen LogP contribution < -0.4 is 11.2 Å². The van der Waals surface area contributed by atoms with E-state index in [2.05, 4.69) is 9.97 Å². The minimum Gasteiger partial charge on any atom is -0.311 e. The summed E-state index contributed by atoms with van der Waals surface area (Å²) in [6.07, 6.45) is 4.94. The first kappa shape index (κ1) is 15.6. The average molecular weight is 320 g/mol. The molecule has 0 atom stereocenters. The zero-order chi connectivity index (χ0) is 16.4. The molecule has 1 aliphatic carbocycles. The molecule has 2 N–H and O–H groups in total. The lowest BCUT2D eigenvalue weighted by Gasteiger charge is -2.23. The van der Waals surface area contributed by atoms with Crippen molar-refractivity contribution in [1.29, 1.82) is 0 Å². The molecule has 0 aliphatic heterocycles. The Bertz CT molecular complexity index is 820. The van der Waals surface area contributed by atoms with Gasteiger partial charge in [0.2, 0.25) is 0 Å². The highest BCUT2D eigenvalue weighted by Crippen LogP contribution is 2.32. The molecule has 1 heterocycles. The van der Waals surface area contributed by atoms with Crippen LogP contribution >= 0.6 is 0 Å². The predicted molar refractivity (Wildman–Crippen MR) is 82.7 cm³/mol. The van der Waals surface area contributed by atoms with Crippen LogP contribution in [0.15, 0.2) is 27.8 Å². The first-order chi connectivity index (χ1) is 11.1. The largest absolute Gasteiger partial charge is 0.325 e. The van der Waals surface area contributed by atoms with Gasteiger partial charge in [-0.25, -0.2) is 13.6 Å². The van der Waals surface area contributed by atoms with Crippen LogP contribution in [-0.4, -0.2) is 9.97 Å². The van der Waals surface area contributed by atoms with Crippen LogP contribution in [0.2, 0.25) is 0 Å². The van der Waals surface area contributed by atoms with Gasteiger partial charge in [0.1, 0.15) is 0 Å². The first-order valence-corrected chi connectivity index (χ1v) is 7.84. The topological polar surface area (TPSA) is 65.7 Å². The van der Waals surface area contributed by atoms with Gasteiger partial charge < -0.3 is 4.98 Å². The van der Waals surface area contributed by atoms with Crippen molar-refractivity contribution in [3.05, 3.63) is 67.5 Å². The fourth-order valence-corrected chi connectivity index (χ4v) is 3.32. The summed E-state index contributed by atoms with van der Waals surface area (Å²) in [4.78, 5) is 28.7. The highest BCUT2D eigenvalue weighted by molar-refractivity contribution is 5.30. The second kappa shape index (κ2) is 6.48. The summed E-state index contributed by atoms with van der Waals surface area (Å²) in [5.41, 5.74) is -0.0836. The average Bonchev–Trinajstić information content (AvgIpc) is 2.54. The van der Waals surface area contributed by atoms with Crippen LogP contribution in [0.3, 0.4) is 0 Å². The van der Waals surface area contributed by atoms with Gasteiger partial charge >= 0.3 is 5.69 Å². The van der Waals surface area contributed by atoms with Crippen molar-refractivity contribution in [2.24, 2.45) is 0 Å². The predicted octanol–water partition coefficient (Wildman–Crippen LogP) is 2.98. The molecule has 3 rings (SSSR count). The molecule has 0 radical (unpaired) electrons. The summed E-state index contributed by atoms with van der Waals surface area (Å²) in [5.74, 6) is -1.80. The maximum Gasteiger partial charge on any atom is 0.325 e. The summed E-state index contributed by atoms with van der Waals surface area (Å²) in [6, 6.07) is 3.90. The maximum absolute atomic E-state index is 13.9. The highest BCUT2D eigenvalue weighted by atomic mass is 19.2. The molecule has 1 aromatic heterocycles. The molecule has 122 valence electrons. The third kappa shape index (κ3) is 3.25. The van der Waals surface area contributed by atoms with Crippen molar-refractivity contribution in [1.82, 2.24) is 9.97 Å². The van der Waals surface area contributed by atoms with Gasteiger partial charge in [0.25, 0.3) is 5.56 Å². The third-order valence-electron chi connectivity index (χ3n) is 4.49. The van der Waals surface area contributed by atoms with Gasteiger partial charge in [-0.15, -0.1) is 0 Å². The Kier molecular flexibility index (Phi) is 4.41. The Morgan fingerprint density at radius 3 is 2.52 bits per heavy atom. The zero-order valence-electron chi connectivity index (χ0n) is 12.6. The van der Waals surface area contributed by atoms with E-state index in [4.69, 9.17) is 0 Å². The summed E-state index contributed by atoms with van der Waals surface area (Å²) < 4.78 is 27.3. The van der Waals surface area contributed by atoms with E-state index in [0.29, 0.717) is 11.3 Å². The summed E-state index contributed by atoms with van der Waals surface area (Å²) in [6.45, 7) is 0. The minimum atomic E-state index is -0.951. The Morgan fingerprint density at radius 1 is 1.04 bits per heavy atom. The SMILES string of the molecule is O=c1[nH]c(C2CCCCC2)c(Cc2cccc(F)c2F)c(=O)[nH]1. The number of rotatable bonds is 3. The Morgan fingerprint density at radius 2 is 1.78 bits per heavy atom. The van der Waals surface area contributed by atoms with E-state index in [0.717, 1.165) is 38.2 Å². The Hall–Kier alpha value is -2.24. The van der Waals surface area contributed by atoms with Crippen molar-refractivity contribution >= 4 is 0 Å². The minimum absolute atomic E-state index is 0.0401. The van der Waals surface area contributed by atoms with Crippen LogP contribution in [-0.2, 0) is 6.42 Å². The van der Waals surface area contributed by atoms with Gasteiger partial charge in [-0.05, 0) is 30.4 Å². The molecule has 2 aromatic rings. The molecule has 0 unspecified atom stereocenters. The molecule has 6 heteroatoms. The summed E-state index contributed by atoms with van der Waals surface area (Å²) >= 11 is 0. The lowest BCUT2D eigenvalue weighted by molar-refractivity contribution is 0.432. The fraction of sp³-hybridized carbons (Fsp3) is 0.412. The smallest absolute Gasteiger partial charge is 0.311 e. The molecular formula is C17H18F2N2O2. The van der Waals surface area contributed by atoms with Gasteiger partial charge in [0.15, 0.2) is 11.6 Å². The van der Waals surface area contributed by atoms with E-state index in [1.54, 1.807) is 0 Å². The van der Waals surface area contributed by atoms with E-state index in [1.165, 1.54) is 12.1 Å². The second-order valence-electron chi connectivity index (χ2n) is 6.03. The number of aromatic amines is 2. The van der Waals surface area contributed by atoms with Crippen LogP contribution in [0, 0.1) is 11.6 Å². The van der Waals surface area contributed by atoms with E-state index < -0.39 is 22.9 Å². The number of benzene rings is 1.